The standard InChI is InChI=1S/C44H27N3OS/c1-2-12-26(13-3-1)27-22-24-28(25-23-27)39-42-40(32-17-7-10-20-35(32)48-42)46-44(45-39)47-34-19-9-6-16-31(34)37-29-14-4-5-15-30(29)38-33-18-8-11-21-36(33)49-43(38)41(37)47/h1-25,44-45H. The van der Waals surface area contributed by atoms with Crippen molar-refractivity contribution >= 4 is 80.8 Å². The molecule has 1 N–H and O–H groups in total. The van der Waals surface area contributed by atoms with Crippen LogP contribution in [-0.4, -0.2) is 4.57 Å². The number of nitrogens with one attached hydrogen (secondary N) is 1. The van der Waals surface area contributed by atoms with Crippen molar-refractivity contribution in [2.45, 2.75) is 6.29 Å². The maximum absolute atomic E-state index is 6.58. The molecule has 0 aliphatic carbocycles. The summed E-state index contributed by atoms with van der Waals surface area (Å²) in [6.45, 7) is 0. The van der Waals surface area contributed by atoms with E-state index < -0.39 is 6.29 Å². The van der Waals surface area contributed by atoms with Crippen LogP contribution in [0.15, 0.2) is 161 Å². The highest BCUT2D eigenvalue weighted by atomic mass is 32.1. The highest BCUT2D eigenvalue weighted by Crippen LogP contribution is 2.47. The van der Waals surface area contributed by atoms with E-state index >= 15 is 0 Å². The van der Waals surface area contributed by atoms with E-state index in [-0.39, 0.29) is 0 Å². The predicted octanol–water partition coefficient (Wildman–Crippen LogP) is 10.3. The fourth-order valence-corrected chi connectivity index (χ4v) is 9.15. The van der Waals surface area contributed by atoms with Crippen molar-refractivity contribution in [1.29, 1.82) is 0 Å². The maximum Gasteiger partial charge on any atom is 0.201 e. The summed E-state index contributed by atoms with van der Waals surface area (Å²) in [4.78, 5) is 5.50. The molecule has 1 atom stereocenters. The topological polar surface area (TPSA) is 42.5 Å². The van der Waals surface area contributed by atoms with Crippen molar-refractivity contribution < 1.29 is 4.42 Å². The van der Waals surface area contributed by atoms with Crippen LogP contribution in [0, 0.1) is 0 Å². The first-order chi connectivity index (χ1) is 24.3. The van der Waals surface area contributed by atoms with Crippen molar-refractivity contribution in [2.24, 2.45) is 4.99 Å². The molecule has 7 aromatic carbocycles. The first-order valence-corrected chi connectivity index (χ1v) is 17.4. The van der Waals surface area contributed by atoms with Crippen molar-refractivity contribution in [3.8, 4) is 11.1 Å². The molecule has 4 heterocycles. The number of nitrogens with zero attached hydrogens (tertiary/aromatic N) is 2. The van der Waals surface area contributed by atoms with Gasteiger partial charge in [-0.1, -0.05) is 127 Å². The zero-order valence-electron chi connectivity index (χ0n) is 26.2. The van der Waals surface area contributed by atoms with Crippen LogP contribution in [0.5, 0.6) is 0 Å². The van der Waals surface area contributed by atoms with Crippen molar-refractivity contribution in [2.75, 3.05) is 0 Å². The molecule has 0 saturated carbocycles. The maximum atomic E-state index is 6.58. The lowest BCUT2D eigenvalue weighted by Gasteiger charge is -2.24. The molecule has 11 rings (SSSR count). The minimum Gasteiger partial charge on any atom is -0.452 e. The van der Waals surface area contributed by atoms with Gasteiger partial charge in [-0.05, 0) is 46.2 Å². The third kappa shape index (κ3) is 3.82. The van der Waals surface area contributed by atoms with Crippen molar-refractivity contribution in [3.63, 3.8) is 0 Å². The lowest BCUT2D eigenvalue weighted by molar-refractivity contribution is 0.467. The van der Waals surface area contributed by atoms with Gasteiger partial charge in [0.1, 0.15) is 10.9 Å². The zero-order chi connectivity index (χ0) is 32.1. The third-order valence-corrected chi connectivity index (χ3v) is 11.2. The lowest BCUT2D eigenvalue weighted by atomic mass is 9.99. The molecule has 0 saturated heterocycles. The summed E-state index contributed by atoms with van der Waals surface area (Å²) in [6, 6.07) is 53.9. The molecule has 1 aliphatic rings. The fraction of sp³-hybridized carbons (Fsp3) is 0.0227. The minimum absolute atomic E-state index is 0.422. The average molecular weight is 646 g/mol. The molecule has 3 aromatic heterocycles. The summed E-state index contributed by atoms with van der Waals surface area (Å²) in [7, 11) is 0. The molecule has 5 heteroatoms. The molecule has 1 aliphatic heterocycles. The second-order valence-corrected chi connectivity index (χ2v) is 13.8. The van der Waals surface area contributed by atoms with Crippen LogP contribution in [-0.2, 0) is 0 Å². The second-order valence-electron chi connectivity index (χ2n) is 12.7. The van der Waals surface area contributed by atoms with Gasteiger partial charge in [-0.25, -0.2) is 4.99 Å². The van der Waals surface area contributed by atoms with E-state index in [4.69, 9.17) is 9.41 Å². The average Bonchev–Trinajstić information content (AvgIpc) is 3.85. The Morgan fingerprint density at radius 2 is 1.16 bits per heavy atom. The second kappa shape index (κ2) is 10.2. The van der Waals surface area contributed by atoms with Gasteiger partial charge in [0.25, 0.3) is 0 Å². The number of aromatic nitrogens is 1. The van der Waals surface area contributed by atoms with Gasteiger partial charge in [0.05, 0.1) is 21.4 Å². The summed E-state index contributed by atoms with van der Waals surface area (Å²) in [5.74, 6) is 0. The van der Waals surface area contributed by atoms with Crippen molar-refractivity contribution in [1.82, 2.24) is 9.88 Å². The van der Waals surface area contributed by atoms with Gasteiger partial charge in [0.2, 0.25) is 6.29 Å². The van der Waals surface area contributed by atoms with Gasteiger partial charge in [0.15, 0.2) is 5.42 Å². The summed E-state index contributed by atoms with van der Waals surface area (Å²) in [6.07, 6.45) is -0.422. The summed E-state index contributed by atoms with van der Waals surface area (Å²) in [5.41, 5.74) is 8.30. The number of rotatable bonds is 3. The Morgan fingerprint density at radius 1 is 0.551 bits per heavy atom. The highest BCUT2D eigenvalue weighted by Gasteiger charge is 2.27. The molecule has 0 fully saturated rings. The molecule has 1 unspecified atom stereocenters. The predicted molar refractivity (Wildman–Crippen MR) is 203 cm³/mol. The number of para-hydroxylation sites is 2. The molecule has 0 bridgehead atoms. The summed E-state index contributed by atoms with van der Waals surface area (Å²) < 4.78 is 11.6. The molecule has 230 valence electrons. The van der Waals surface area contributed by atoms with Crippen LogP contribution < -0.4 is 16.1 Å². The summed E-state index contributed by atoms with van der Waals surface area (Å²) >= 11 is 1.87. The minimum atomic E-state index is -0.422. The molecule has 4 nitrogen and oxygen atoms in total. The Morgan fingerprint density at radius 3 is 1.98 bits per heavy atom. The van der Waals surface area contributed by atoms with Crippen LogP contribution in [0.2, 0.25) is 0 Å². The normalized spacial score (nSPS) is 14.6. The quantitative estimate of drug-likeness (QED) is 0.208. The van der Waals surface area contributed by atoms with Gasteiger partial charge in [0, 0.05) is 37.2 Å². The highest BCUT2D eigenvalue weighted by molar-refractivity contribution is 7.27. The number of benzene rings is 7. The number of hydrogen-bond acceptors (Lipinski definition) is 4. The van der Waals surface area contributed by atoms with Crippen LogP contribution in [0.25, 0.3) is 80.5 Å². The molecule has 0 amide bonds. The van der Waals surface area contributed by atoms with Gasteiger partial charge in [-0.2, -0.15) is 0 Å². The van der Waals surface area contributed by atoms with E-state index in [0.717, 1.165) is 38.5 Å². The van der Waals surface area contributed by atoms with E-state index in [0.29, 0.717) is 0 Å². The molecule has 10 aromatic rings. The van der Waals surface area contributed by atoms with E-state index in [2.05, 4.69) is 149 Å². The fourth-order valence-electron chi connectivity index (χ4n) is 7.89. The first-order valence-electron chi connectivity index (χ1n) is 16.6. The number of hydrogen-bond donors (Lipinski definition) is 1. The molecule has 0 radical (unpaired) electrons. The van der Waals surface area contributed by atoms with E-state index in [1.54, 1.807) is 0 Å². The Bertz CT molecular complexity index is 3080. The van der Waals surface area contributed by atoms with Crippen LogP contribution in [0.1, 0.15) is 11.9 Å². The molecule has 49 heavy (non-hydrogen) atoms. The van der Waals surface area contributed by atoms with Gasteiger partial charge in [-0.15, -0.1) is 11.3 Å². The number of thiophene rings is 1. The number of fused-ring (bicyclic) bond motifs is 13. The van der Waals surface area contributed by atoms with E-state index in [9.17, 15) is 0 Å². The Kier molecular flexibility index (Phi) is 5.57. The lowest BCUT2D eigenvalue weighted by Crippen LogP contribution is -2.40. The van der Waals surface area contributed by atoms with Gasteiger partial charge >= 0.3 is 0 Å². The largest absolute Gasteiger partial charge is 0.452 e. The Hall–Kier alpha value is -6.17. The van der Waals surface area contributed by atoms with E-state index in [1.165, 1.54) is 58.4 Å². The van der Waals surface area contributed by atoms with Gasteiger partial charge < -0.3 is 9.73 Å². The Labute approximate surface area is 284 Å². The summed E-state index contributed by atoms with van der Waals surface area (Å²) in [5, 5.41) is 13.4. The van der Waals surface area contributed by atoms with Crippen molar-refractivity contribution in [3.05, 3.63) is 168 Å². The Balaban J connectivity index is 1.23. The van der Waals surface area contributed by atoms with Crippen LogP contribution in [0.3, 0.4) is 0 Å². The molecular formula is C44H27N3OS. The van der Waals surface area contributed by atoms with Crippen LogP contribution >= 0.6 is 11.3 Å². The van der Waals surface area contributed by atoms with Gasteiger partial charge in [-0.3, -0.25) is 4.57 Å². The monoisotopic (exact) mass is 645 g/mol. The zero-order valence-corrected chi connectivity index (χ0v) is 27.0. The smallest absolute Gasteiger partial charge is 0.201 e. The van der Waals surface area contributed by atoms with Crippen LogP contribution in [0.4, 0.5) is 0 Å². The first kappa shape index (κ1) is 26.9. The molecular weight excluding hydrogens is 619 g/mol. The van der Waals surface area contributed by atoms with E-state index in [1.807, 2.05) is 23.5 Å². The SMILES string of the molecule is c1ccc(-c2ccc(C3=c4oc5ccccc5c4=NC(n4c5ccccc5c5c6ccccc6c6c7ccccc7sc6c54)N3)cc2)cc1. The number of furan rings is 1. The molecule has 0 spiro atoms. The third-order valence-electron chi connectivity index (χ3n) is 10.0.